The smallest absolute Gasteiger partial charge is 0.240 e. The molecule has 1 amide bonds. The largest absolute Gasteiger partial charge is 0.339 e. The van der Waals surface area contributed by atoms with Gasteiger partial charge in [0.1, 0.15) is 0 Å². The highest BCUT2D eigenvalue weighted by atomic mass is 35.5. The van der Waals surface area contributed by atoms with Crippen molar-refractivity contribution in [3.63, 3.8) is 0 Å². The summed E-state index contributed by atoms with van der Waals surface area (Å²) in [4.78, 5) is 23.9. The first kappa shape index (κ1) is 25.4. The minimum Gasteiger partial charge on any atom is -0.339 e. The maximum atomic E-state index is 12.8. The summed E-state index contributed by atoms with van der Waals surface area (Å²) in [5, 5.41) is 0. The number of aromatic nitrogens is 1. The quantitative estimate of drug-likeness (QED) is 0.743. The van der Waals surface area contributed by atoms with Crippen molar-refractivity contribution >= 4 is 43.1 Å². The molecule has 0 saturated carbocycles. The van der Waals surface area contributed by atoms with Crippen LogP contribution >= 0.6 is 37.2 Å². The van der Waals surface area contributed by atoms with Crippen LogP contribution < -0.4 is 0 Å². The molecule has 3 heterocycles. The predicted molar refractivity (Wildman–Crippen MR) is 113 cm³/mol. The number of pyridine rings is 1. The highest BCUT2D eigenvalue weighted by Gasteiger charge is 2.32. The number of likely N-dealkylation sites (N-methyl/N-ethyl adjacent to an activating group) is 1. The van der Waals surface area contributed by atoms with Crippen molar-refractivity contribution in [2.75, 3.05) is 39.3 Å². The van der Waals surface area contributed by atoms with Crippen LogP contribution in [0, 0.1) is 0 Å². The van der Waals surface area contributed by atoms with Crippen LogP contribution in [0.15, 0.2) is 24.5 Å². The fourth-order valence-electron chi connectivity index (χ4n) is 3.74. The van der Waals surface area contributed by atoms with E-state index in [0.29, 0.717) is 5.91 Å². The van der Waals surface area contributed by atoms with E-state index in [1.165, 1.54) is 18.4 Å². The van der Waals surface area contributed by atoms with Gasteiger partial charge in [0, 0.05) is 45.1 Å². The molecule has 26 heavy (non-hydrogen) atoms. The zero-order valence-corrected chi connectivity index (χ0v) is 17.8. The number of piperazine rings is 1. The Bertz CT molecular complexity index is 512. The third kappa shape index (κ3) is 6.54. The SMILES string of the molecule is CCN1CCCCC1C(=O)N1CCN(Cc2cccnc2)CC1.Cl.Cl.Cl. The molecule has 5 nitrogen and oxygen atoms in total. The standard InChI is InChI=1S/C18H28N4O.3ClH/c1-2-21-9-4-3-7-17(21)18(23)22-12-10-20(11-13-22)15-16-6-5-8-19-14-16;;;/h5-6,8,14,17H,2-4,7,9-13,15H2,1H3;3*1H. The lowest BCUT2D eigenvalue weighted by Gasteiger charge is -2.40. The lowest BCUT2D eigenvalue weighted by molar-refractivity contribution is -0.140. The number of rotatable bonds is 4. The zero-order valence-electron chi connectivity index (χ0n) is 15.4. The highest BCUT2D eigenvalue weighted by molar-refractivity contribution is 5.86. The monoisotopic (exact) mass is 424 g/mol. The number of amides is 1. The Morgan fingerprint density at radius 1 is 1.12 bits per heavy atom. The van der Waals surface area contributed by atoms with Crippen LogP contribution in [0.25, 0.3) is 0 Å². The van der Waals surface area contributed by atoms with E-state index in [0.717, 1.165) is 52.2 Å². The first-order valence-electron chi connectivity index (χ1n) is 8.92. The van der Waals surface area contributed by atoms with E-state index in [2.05, 4.69) is 32.7 Å². The van der Waals surface area contributed by atoms with Crippen LogP contribution in [0.4, 0.5) is 0 Å². The van der Waals surface area contributed by atoms with Gasteiger partial charge in [-0.05, 0) is 37.6 Å². The molecule has 0 spiro atoms. The van der Waals surface area contributed by atoms with Crippen LogP contribution in [-0.4, -0.2) is 70.9 Å². The Morgan fingerprint density at radius 2 is 1.85 bits per heavy atom. The van der Waals surface area contributed by atoms with Gasteiger partial charge in [0.2, 0.25) is 5.91 Å². The van der Waals surface area contributed by atoms with E-state index in [9.17, 15) is 4.79 Å². The van der Waals surface area contributed by atoms with Crippen molar-refractivity contribution in [1.82, 2.24) is 19.7 Å². The highest BCUT2D eigenvalue weighted by Crippen LogP contribution is 2.19. The van der Waals surface area contributed by atoms with Gasteiger partial charge in [0.25, 0.3) is 0 Å². The van der Waals surface area contributed by atoms with Crippen molar-refractivity contribution in [3.8, 4) is 0 Å². The summed E-state index contributed by atoms with van der Waals surface area (Å²) in [6.45, 7) is 8.78. The second-order valence-corrected chi connectivity index (χ2v) is 6.60. The van der Waals surface area contributed by atoms with Crippen molar-refractivity contribution in [1.29, 1.82) is 0 Å². The fourth-order valence-corrected chi connectivity index (χ4v) is 3.74. The minimum absolute atomic E-state index is 0. The van der Waals surface area contributed by atoms with Gasteiger partial charge < -0.3 is 4.90 Å². The Morgan fingerprint density at radius 3 is 2.46 bits per heavy atom. The van der Waals surface area contributed by atoms with Crippen LogP contribution in [0.2, 0.25) is 0 Å². The average molecular weight is 426 g/mol. The van der Waals surface area contributed by atoms with Crippen LogP contribution in [0.5, 0.6) is 0 Å². The van der Waals surface area contributed by atoms with Crippen LogP contribution in [-0.2, 0) is 11.3 Å². The van der Waals surface area contributed by atoms with Crippen molar-refractivity contribution in [3.05, 3.63) is 30.1 Å². The van der Waals surface area contributed by atoms with Gasteiger partial charge in [-0.2, -0.15) is 0 Å². The van der Waals surface area contributed by atoms with Gasteiger partial charge in [-0.15, -0.1) is 37.2 Å². The number of nitrogens with zero attached hydrogens (tertiary/aromatic N) is 4. The number of hydrogen-bond donors (Lipinski definition) is 0. The Kier molecular flexibility index (Phi) is 12.4. The molecule has 8 heteroatoms. The number of hydrogen-bond acceptors (Lipinski definition) is 4. The second kappa shape index (κ2) is 12.7. The molecule has 1 aromatic heterocycles. The van der Waals surface area contributed by atoms with Gasteiger partial charge in [0.15, 0.2) is 0 Å². The maximum absolute atomic E-state index is 12.8. The molecule has 0 aromatic carbocycles. The second-order valence-electron chi connectivity index (χ2n) is 6.60. The summed E-state index contributed by atoms with van der Waals surface area (Å²) < 4.78 is 0. The molecule has 1 aromatic rings. The number of likely N-dealkylation sites (tertiary alicyclic amines) is 1. The van der Waals surface area contributed by atoms with E-state index in [4.69, 9.17) is 0 Å². The number of halogens is 3. The van der Waals surface area contributed by atoms with E-state index in [1.807, 2.05) is 18.5 Å². The van der Waals surface area contributed by atoms with Gasteiger partial charge in [0.05, 0.1) is 6.04 Å². The Hall–Kier alpha value is -0.590. The molecule has 0 N–H and O–H groups in total. The summed E-state index contributed by atoms with van der Waals surface area (Å²) in [6.07, 6.45) is 7.19. The van der Waals surface area contributed by atoms with E-state index < -0.39 is 0 Å². The number of carbonyl (C=O) groups is 1. The molecule has 0 bridgehead atoms. The van der Waals surface area contributed by atoms with Crippen molar-refractivity contribution in [2.24, 2.45) is 0 Å². The lowest BCUT2D eigenvalue weighted by atomic mass is 10.0. The molecule has 2 aliphatic rings. The normalized spacial score (nSPS) is 21.1. The summed E-state index contributed by atoms with van der Waals surface area (Å²) >= 11 is 0. The molecule has 2 saturated heterocycles. The van der Waals surface area contributed by atoms with Gasteiger partial charge >= 0.3 is 0 Å². The Balaban J connectivity index is 0.00000208. The molecule has 150 valence electrons. The molecule has 0 radical (unpaired) electrons. The van der Waals surface area contributed by atoms with Crippen LogP contribution in [0.3, 0.4) is 0 Å². The third-order valence-electron chi connectivity index (χ3n) is 5.12. The average Bonchev–Trinajstić information content (AvgIpc) is 2.62. The first-order valence-corrected chi connectivity index (χ1v) is 8.92. The van der Waals surface area contributed by atoms with Crippen LogP contribution in [0.1, 0.15) is 31.7 Å². The topological polar surface area (TPSA) is 39.7 Å². The molecule has 2 fully saturated rings. The molecular formula is C18H31Cl3N4O. The molecule has 1 unspecified atom stereocenters. The van der Waals surface area contributed by atoms with Crippen molar-refractivity contribution in [2.45, 2.75) is 38.8 Å². The summed E-state index contributed by atoms with van der Waals surface area (Å²) in [5.41, 5.74) is 1.25. The molecule has 1 atom stereocenters. The van der Waals surface area contributed by atoms with E-state index in [1.54, 1.807) is 0 Å². The molecule has 2 aliphatic heterocycles. The summed E-state index contributed by atoms with van der Waals surface area (Å²) in [6, 6.07) is 4.22. The maximum Gasteiger partial charge on any atom is 0.240 e. The minimum atomic E-state index is 0. The molecular weight excluding hydrogens is 395 g/mol. The summed E-state index contributed by atoms with van der Waals surface area (Å²) in [5.74, 6) is 0.354. The number of carbonyl (C=O) groups excluding carboxylic acids is 1. The van der Waals surface area contributed by atoms with E-state index >= 15 is 0 Å². The Labute approximate surface area is 175 Å². The molecule has 0 aliphatic carbocycles. The summed E-state index contributed by atoms with van der Waals surface area (Å²) in [7, 11) is 0. The lowest BCUT2D eigenvalue weighted by Crippen LogP contribution is -2.55. The molecule has 3 rings (SSSR count). The third-order valence-corrected chi connectivity index (χ3v) is 5.12. The predicted octanol–water partition coefficient (Wildman–Crippen LogP) is 2.87. The zero-order chi connectivity index (χ0) is 16.1. The fraction of sp³-hybridized carbons (Fsp3) is 0.667. The van der Waals surface area contributed by atoms with Gasteiger partial charge in [-0.25, -0.2) is 0 Å². The van der Waals surface area contributed by atoms with Gasteiger partial charge in [-0.3, -0.25) is 19.6 Å². The number of piperidine rings is 1. The van der Waals surface area contributed by atoms with Gasteiger partial charge in [-0.1, -0.05) is 19.4 Å². The van der Waals surface area contributed by atoms with Crippen molar-refractivity contribution < 1.29 is 4.79 Å². The first-order chi connectivity index (χ1) is 11.3. The van der Waals surface area contributed by atoms with E-state index in [-0.39, 0.29) is 43.3 Å².